The van der Waals surface area contributed by atoms with E-state index in [9.17, 15) is 9.59 Å². The number of rotatable bonds is 4. The fourth-order valence-corrected chi connectivity index (χ4v) is 1.69. The number of benzene rings is 1. The van der Waals surface area contributed by atoms with Crippen LogP contribution >= 0.6 is 0 Å². The summed E-state index contributed by atoms with van der Waals surface area (Å²) < 4.78 is 0. The molecule has 0 atom stereocenters. The van der Waals surface area contributed by atoms with Crippen molar-refractivity contribution >= 4 is 11.9 Å². The van der Waals surface area contributed by atoms with E-state index in [4.69, 9.17) is 0 Å². The summed E-state index contributed by atoms with van der Waals surface area (Å²) >= 11 is 0. The van der Waals surface area contributed by atoms with Crippen molar-refractivity contribution in [3.63, 3.8) is 0 Å². The Balaban J connectivity index is 2.72. The van der Waals surface area contributed by atoms with E-state index in [1.165, 1.54) is 12.5 Å². The Labute approximate surface area is 107 Å². The third kappa shape index (κ3) is 4.20. The number of hydrogen-bond donors (Lipinski definition) is 1. The van der Waals surface area contributed by atoms with Crippen molar-refractivity contribution in [1.82, 2.24) is 5.48 Å². The molecule has 0 saturated heterocycles. The summed E-state index contributed by atoms with van der Waals surface area (Å²) in [6.45, 7) is 5.26. The summed E-state index contributed by atoms with van der Waals surface area (Å²) in [4.78, 5) is 26.8. The van der Waals surface area contributed by atoms with Crippen LogP contribution < -0.4 is 5.48 Å². The summed E-state index contributed by atoms with van der Waals surface area (Å²) in [5, 5.41) is 0. The zero-order chi connectivity index (χ0) is 13.5. The monoisotopic (exact) mass is 249 g/mol. The minimum absolute atomic E-state index is 0.398. The molecule has 0 aliphatic heterocycles. The van der Waals surface area contributed by atoms with Gasteiger partial charge >= 0.3 is 5.97 Å². The predicted octanol–water partition coefficient (Wildman–Crippen LogP) is 2.55. The summed E-state index contributed by atoms with van der Waals surface area (Å²) in [5.74, 6) is -0.940. The van der Waals surface area contributed by atoms with Crippen LogP contribution in [0.3, 0.4) is 0 Å². The highest BCUT2D eigenvalue weighted by Gasteiger charge is 2.10. The van der Waals surface area contributed by atoms with Gasteiger partial charge in [0, 0.05) is 12.5 Å². The highest BCUT2D eigenvalue weighted by molar-refractivity contribution is 5.95. The van der Waals surface area contributed by atoms with Gasteiger partial charge in [-0.3, -0.25) is 9.59 Å². The zero-order valence-electron chi connectivity index (χ0n) is 11.1. The van der Waals surface area contributed by atoms with Crippen molar-refractivity contribution < 1.29 is 14.4 Å². The van der Waals surface area contributed by atoms with Crippen LogP contribution in [0.1, 0.15) is 48.2 Å². The van der Waals surface area contributed by atoms with E-state index in [0.717, 1.165) is 24.8 Å². The Hall–Kier alpha value is -1.84. The lowest BCUT2D eigenvalue weighted by Gasteiger charge is -2.08. The first kappa shape index (κ1) is 14.2. The number of hydroxylamine groups is 1. The third-order valence-corrected chi connectivity index (χ3v) is 2.64. The van der Waals surface area contributed by atoms with Crippen LogP contribution in [0.2, 0.25) is 0 Å². The van der Waals surface area contributed by atoms with Gasteiger partial charge in [0.1, 0.15) is 0 Å². The highest BCUT2D eigenvalue weighted by Crippen LogP contribution is 2.13. The van der Waals surface area contributed by atoms with E-state index in [0.29, 0.717) is 5.56 Å². The van der Waals surface area contributed by atoms with Gasteiger partial charge in [-0.2, -0.15) is 5.48 Å². The molecule has 1 rings (SSSR count). The average molecular weight is 249 g/mol. The van der Waals surface area contributed by atoms with Crippen molar-refractivity contribution in [3.05, 3.63) is 34.9 Å². The molecule has 98 valence electrons. The van der Waals surface area contributed by atoms with E-state index in [2.05, 4.69) is 17.2 Å². The Kier molecular flexibility index (Phi) is 5.36. The SMILES string of the molecule is CCCCc1ccc(C(=O)NOC(C)=O)c(C)c1. The molecule has 1 N–H and O–H groups in total. The van der Waals surface area contributed by atoms with Crippen LogP contribution in [0.4, 0.5) is 0 Å². The van der Waals surface area contributed by atoms with Crippen LogP contribution in [-0.2, 0) is 16.1 Å². The van der Waals surface area contributed by atoms with Crippen LogP contribution in [0, 0.1) is 6.92 Å². The highest BCUT2D eigenvalue weighted by atomic mass is 16.7. The van der Waals surface area contributed by atoms with Crippen LogP contribution in [0.15, 0.2) is 18.2 Å². The molecule has 0 radical (unpaired) electrons. The molecule has 0 saturated carbocycles. The Morgan fingerprint density at radius 2 is 2.06 bits per heavy atom. The molecule has 0 aliphatic carbocycles. The molecule has 1 aromatic rings. The van der Waals surface area contributed by atoms with Crippen molar-refractivity contribution in [2.45, 2.75) is 40.0 Å². The molecule has 0 unspecified atom stereocenters. The Morgan fingerprint density at radius 3 is 2.61 bits per heavy atom. The lowest BCUT2D eigenvalue weighted by atomic mass is 10.0. The van der Waals surface area contributed by atoms with Gasteiger partial charge in [0.15, 0.2) is 0 Å². The zero-order valence-corrected chi connectivity index (χ0v) is 11.1. The maximum Gasteiger partial charge on any atom is 0.329 e. The van der Waals surface area contributed by atoms with Gasteiger partial charge in [-0.1, -0.05) is 25.5 Å². The molecular weight excluding hydrogens is 230 g/mol. The third-order valence-electron chi connectivity index (χ3n) is 2.64. The summed E-state index contributed by atoms with van der Waals surface area (Å²) in [6, 6.07) is 5.70. The summed E-state index contributed by atoms with van der Waals surface area (Å²) in [5.41, 5.74) is 4.74. The number of hydrogen-bond acceptors (Lipinski definition) is 3. The van der Waals surface area contributed by atoms with Gasteiger partial charge < -0.3 is 4.84 Å². The van der Waals surface area contributed by atoms with Crippen LogP contribution in [-0.4, -0.2) is 11.9 Å². The average Bonchev–Trinajstić information content (AvgIpc) is 2.33. The van der Waals surface area contributed by atoms with Crippen molar-refractivity contribution in [2.24, 2.45) is 0 Å². The number of nitrogens with one attached hydrogen (secondary N) is 1. The smallest absolute Gasteiger partial charge is 0.329 e. The maximum absolute atomic E-state index is 11.7. The second-order valence-corrected chi connectivity index (χ2v) is 4.28. The van der Waals surface area contributed by atoms with Gasteiger partial charge in [-0.25, -0.2) is 0 Å². The van der Waals surface area contributed by atoms with Crippen molar-refractivity contribution in [2.75, 3.05) is 0 Å². The minimum atomic E-state index is -0.541. The number of carbonyl (C=O) groups is 2. The number of carbonyl (C=O) groups excluding carboxylic acids is 2. The molecule has 1 aromatic carbocycles. The van der Waals surface area contributed by atoms with Crippen molar-refractivity contribution in [1.29, 1.82) is 0 Å². The van der Waals surface area contributed by atoms with E-state index in [-0.39, 0.29) is 0 Å². The molecule has 0 aliphatic rings. The van der Waals surface area contributed by atoms with E-state index in [1.54, 1.807) is 6.07 Å². The number of aryl methyl sites for hydroxylation is 2. The largest absolute Gasteiger partial charge is 0.341 e. The molecule has 0 aromatic heterocycles. The topological polar surface area (TPSA) is 55.4 Å². The lowest BCUT2D eigenvalue weighted by Crippen LogP contribution is -2.26. The van der Waals surface area contributed by atoms with E-state index >= 15 is 0 Å². The fourth-order valence-electron chi connectivity index (χ4n) is 1.69. The normalized spacial score (nSPS) is 9.94. The standard InChI is InChI=1S/C14H19NO3/c1-4-5-6-12-7-8-13(10(2)9-12)14(17)15-18-11(3)16/h7-9H,4-6H2,1-3H3,(H,15,17). The minimum Gasteiger partial charge on any atom is -0.341 e. The van der Waals surface area contributed by atoms with Gasteiger partial charge in [0.2, 0.25) is 0 Å². The van der Waals surface area contributed by atoms with Crippen LogP contribution in [0.5, 0.6) is 0 Å². The van der Waals surface area contributed by atoms with Gasteiger partial charge in [0.25, 0.3) is 5.91 Å². The van der Waals surface area contributed by atoms with Gasteiger partial charge in [-0.05, 0) is 37.0 Å². The molecule has 18 heavy (non-hydrogen) atoms. The van der Waals surface area contributed by atoms with E-state index in [1.807, 2.05) is 19.1 Å². The molecule has 0 bridgehead atoms. The van der Waals surface area contributed by atoms with Gasteiger partial charge in [0.05, 0.1) is 0 Å². The first-order valence-corrected chi connectivity index (χ1v) is 6.12. The number of unbranched alkanes of at least 4 members (excludes halogenated alkanes) is 1. The summed E-state index contributed by atoms with van der Waals surface area (Å²) in [7, 11) is 0. The maximum atomic E-state index is 11.7. The fraction of sp³-hybridized carbons (Fsp3) is 0.429. The second kappa shape index (κ2) is 6.79. The Morgan fingerprint density at radius 1 is 1.33 bits per heavy atom. The Bertz CT molecular complexity index is 441. The lowest BCUT2D eigenvalue weighted by molar-refractivity contribution is -0.146. The second-order valence-electron chi connectivity index (χ2n) is 4.28. The van der Waals surface area contributed by atoms with Crippen molar-refractivity contribution in [3.8, 4) is 0 Å². The first-order valence-electron chi connectivity index (χ1n) is 6.12. The molecule has 4 nitrogen and oxygen atoms in total. The molecule has 4 heteroatoms. The number of amides is 1. The molecule has 0 fully saturated rings. The molecule has 0 spiro atoms. The summed E-state index contributed by atoms with van der Waals surface area (Å²) in [6.07, 6.45) is 3.30. The molecule has 1 amide bonds. The molecule has 0 heterocycles. The van der Waals surface area contributed by atoms with Crippen LogP contribution in [0.25, 0.3) is 0 Å². The van der Waals surface area contributed by atoms with Gasteiger partial charge in [-0.15, -0.1) is 0 Å². The predicted molar refractivity (Wildman–Crippen MR) is 69.0 cm³/mol. The van der Waals surface area contributed by atoms with E-state index < -0.39 is 11.9 Å². The first-order chi connectivity index (χ1) is 8.54. The quantitative estimate of drug-likeness (QED) is 0.834. The molecular formula is C14H19NO3.